The lowest BCUT2D eigenvalue weighted by molar-refractivity contribution is 0.339. The quantitative estimate of drug-likeness (QED) is 0.783. The maximum absolute atomic E-state index is 2.64. The van der Waals surface area contributed by atoms with Crippen molar-refractivity contribution in [3.63, 3.8) is 0 Å². The van der Waals surface area contributed by atoms with E-state index in [2.05, 4.69) is 47.9 Å². The molecule has 0 N–H and O–H groups in total. The van der Waals surface area contributed by atoms with E-state index < -0.39 is 0 Å². The average Bonchev–Trinajstić information content (AvgIpc) is 2.44. The van der Waals surface area contributed by atoms with Crippen molar-refractivity contribution in [2.45, 2.75) is 51.6 Å². The number of hydrogen-bond donors (Lipinski definition) is 0. The van der Waals surface area contributed by atoms with Crippen molar-refractivity contribution in [2.24, 2.45) is 0 Å². The zero-order valence-corrected chi connectivity index (χ0v) is 11.6. The molecule has 1 fully saturated rings. The van der Waals surface area contributed by atoms with Crippen LogP contribution >= 0.6 is 0 Å². The lowest BCUT2D eigenvalue weighted by atomic mass is 9.85. The van der Waals surface area contributed by atoms with Gasteiger partial charge in [0.25, 0.3) is 0 Å². The fourth-order valence-corrected chi connectivity index (χ4v) is 3.94. The topological polar surface area (TPSA) is 6.48 Å². The molecule has 1 aliphatic heterocycles. The van der Waals surface area contributed by atoms with Gasteiger partial charge >= 0.3 is 0 Å². The highest BCUT2D eigenvalue weighted by Crippen LogP contribution is 2.42. The third kappa shape index (κ3) is 1.70. The SMILES string of the molecule is CCN1c2ccccc2N(CC)C2CCCCC21. The Hall–Kier alpha value is -1.18. The van der Waals surface area contributed by atoms with E-state index in [1.807, 2.05) is 0 Å². The van der Waals surface area contributed by atoms with Crippen LogP contribution in [0.5, 0.6) is 0 Å². The van der Waals surface area contributed by atoms with E-state index >= 15 is 0 Å². The van der Waals surface area contributed by atoms with Gasteiger partial charge in [0, 0.05) is 25.2 Å². The molecule has 2 nitrogen and oxygen atoms in total. The Morgan fingerprint density at radius 2 is 1.33 bits per heavy atom. The molecule has 0 saturated heterocycles. The Morgan fingerprint density at radius 3 is 1.72 bits per heavy atom. The van der Waals surface area contributed by atoms with Crippen molar-refractivity contribution in [2.75, 3.05) is 22.9 Å². The second kappa shape index (κ2) is 4.83. The van der Waals surface area contributed by atoms with Crippen LogP contribution in [0.3, 0.4) is 0 Å². The molecule has 2 heteroatoms. The number of anilines is 2. The van der Waals surface area contributed by atoms with Crippen LogP contribution in [0.1, 0.15) is 39.5 Å². The number of fused-ring (bicyclic) bond motifs is 2. The minimum atomic E-state index is 0.735. The van der Waals surface area contributed by atoms with Crippen molar-refractivity contribution in [1.29, 1.82) is 0 Å². The van der Waals surface area contributed by atoms with E-state index in [0.717, 1.165) is 25.2 Å². The molecule has 1 aromatic rings. The predicted octanol–water partition coefficient (Wildman–Crippen LogP) is 3.66. The smallest absolute Gasteiger partial charge is 0.0607 e. The highest BCUT2D eigenvalue weighted by molar-refractivity contribution is 5.75. The standard InChI is InChI=1S/C16H24N2/c1-3-17-13-9-5-7-11-15(13)18(4-2)16-12-8-6-10-14(16)17/h5,7,9,11,14,16H,3-4,6,8,10,12H2,1-2H3. The van der Waals surface area contributed by atoms with Crippen LogP contribution in [-0.2, 0) is 0 Å². The summed E-state index contributed by atoms with van der Waals surface area (Å²) in [7, 11) is 0. The van der Waals surface area contributed by atoms with E-state index in [0.29, 0.717) is 0 Å². The molecule has 0 amide bonds. The molecule has 1 heterocycles. The van der Waals surface area contributed by atoms with E-state index in [4.69, 9.17) is 0 Å². The van der Waals surface area contributed by atoms with Gasteiger partial charge in [-0.2, -0.15) is 0 Å². The normalized spacial score (nSPS) is 26.8. The molecule has 3 rings (SSSR count). The summed E-state index contributed by atoms with van der Waals surface area (Å²) < 4.78 is 0. The van der Waals surface area contributed by atoms with Crippen molar-refractivity contribution in [3.05, 3.63) is 24.3 Å². The maximum Gasteiger partial charge on any atom is 0.0607 e. The summed E-state index contributed by atoms with van der Waals surface area (Å²) >= 11 is 0. The van der Waals surface area contributed by atoms with Crippen LogP contribution in [0.2, 0.25) is 0 Å². The molecule has 0 aromatic heterocycles. The molecule has 98 valence electrons. The number of hydrogen-bond acceptors (Lipinski definition) is 2. The molecule has 18 heavy (non-hydrogen) atoms. The Labute approximate surface area is 111 Å². The van der Waals surface area contributed by atoms with Gasteiger partial charge in [-0.1, -0.05) is 25.0 Å². The van der Waals surface area contributed by atoms with Crippen LogP contribution in [0.4, 0.5) is 11.4 Å². The molecule has 2 aliphatic rings. The fraction of sp³-hybridized carbons (Fsp3) is 0.625. The fourth-order valence-electron chi connectivity index (χ4n) is 3.94. The summed E-state index contributed by atoms with van der Waals surface area (Å²) in [5.41, 5.74) is 2.90. The first kappa shape index (κ1) is 11.9. The molecule has 1 aromatic carbocycles. The minimum absolute atomic E-state index is 0.735. The molecule has 0 radical (unpaired) electrons. The van der Waals surface area contributed by atoms with Gasteiger partial charge in [0.05, 0.1) is 11.4 Å². The van der Waals surface area contributed by atoms with Crippen molar-refractivity contribution < 1.29 is 0 Å². The number of benzene rings is 1. The summed E-state index contributed by atoms with van der Waals surface area (Å²) in [4.78, 5) is 5.29. The van der Waals surface area contributed by atoms with Crippen LogP contribution in [0, 0.1) is 0 Å². The molecular weight excluding hydrogens is 220 g/mol. The summed E-state index contributed by atoms with van der Waals surface area (Å²) in [6.45, 7) is 6.86. The van der Waals surface area contributed by atoms with Gasteiger partial charge in [0.1, 0.15) is 0 Å². The zero-order chi connectivity index (χ0) is 12.5. The van der Waals surface area contributed by atoms with Gasteiger partial charge < -0.3 is 9.80 Å². The molecule has 2 unspecified atom stereocenters. The Morgan fingerprint density at radius 1 is 0.889 bits per heavy atom. The Bertz CT molecular complexity index is 376. The van der Waals surface area contributed by atoms with Gasteiger partial charge in [-0.15, -0.1) is 0 Å². The van der Waals surface area contributed by atoms with Gasteiger partial charge in [-0.05, 0) is 38.8 Å². The first-order chi connectivity index (χ1) is 8.86. The van der Waals surface area contributed by atoms with Crippen LogP contribution < -0.4 is 9.80 Å². The summed E-state index contributed by atoms with van der Waals surface area (Å²) in [5, 5.41) is 0. The van der Waals surface area contributed by atoms with Crippen molar-refractivity contribution in [1.82, 2.24) is 0 Å². The largest absolute Gasteiger partial charge is 0.365 e. The van der Waals surface area contributed by atoms with E-state index in [9.17, 15) is 0 Å². The molecule has 1 saturated carbocycles. The minimum Gasteiger partial charge on any atom is -0.365 e. The van der Waals surface area contributed by atoms with E-state index in [1.165, 1.54) is 37.1 Å². The zero-order valence-electron chi connectivity index (χ0n) is 11.6. The lowest BCUT2D eigenvalue weighted by Gasteiger charge is -2.52. The lowest BCUT2D eigenvalue weighted by Crippen LogP contribution is -2.57. The van der Waals surface area contributed by atoms with Crippen molar-refractivity contribution >= 4 is 11.4 Å². The first-order valence-corrected chi connectivity index (χ1v) is 7.49. The second-order valence-corrected chi connectivity index (χ2v) is 5.48. The number of likely N-dealkylation sites (N-methyl/N-ethyl adjacent to an activating group) is 2. The van der Waals surface area contributed by atoms with Gasteiger partial charge in [0.2, 0.25) is 0 Å². The molecule has 0 spiro atoms. The third-order valence-electron chi connectivity index (χ3n) is 4.68. The Kier molecular flexibility index (Phi) is 3.19. The highest BCUT2D eigenvalue weighted by atomic mass is 15.3. The summed E-state index contributed by atoms with van der Waals surface area (Å²) in [6.07, 6.45) is 5.53. The van der Waals surface area contributed by atoms with Gasteiger partial charge in [-0.25, -0.2) is 0 Å². The maximum atomic E-state index is 2.64. The monoisotopic (exact) mass is 244 g/mol. The third-order valence-corrected chi connectivity index (χ3v) is 4.68. The molecule has 2 atom stereocenters. The summed E-state index contributed by atoms with van der Waals surface area (Å²) in [6, 6.07) is 10.4. The number of para-hydroxylation sites is 2. The van der Waals surface area contributed by atoms with Crippen molar-refractivity contribution in [3.8, 4) is 0 Å². The van der Waals surface area contributed by atoms with Crippen LogP contribution in [0.25, 0.3) is 0 Å². The highest BCUT2D eigenvalue weighted by Gasteiger charge is 2.38. The summed E-state index contributed by atoms with van der Waals surface area (Å²) in [5.74, 6) is 0. The van der Waals surface area contributed by atoms with E-state index in [1.54, 1.807) is 0 Å². The average molecular weight is 244 g/mol. The molecule has 1 aliphatic carbocycles. The van der Waals surface area contributed by atoms with Gasteiger partial charge in [0.15, 0.2) is 0 Å². The second-order valence-electron chi connectivity index (χ2n) is 5.48. The van der Waals surface area contributed by atoms with E-state index in [-0.39, 0.29) is 0 Å². The first-order valence-electron chi connectivity index (χ1n) is 7.49. The molecular formula is C16H24N2. The predicted molar refractivity (Wildman–Crippen MR) is 78.5 cm³/mol. The van der Waals surface area contributed by atoms with Crippen LogP contribution in [-0.4, -0.2) is 25.2 Å². The Balaban J connectivity index is 2.07. The molecule has 0 bridgehead atoms. The van der Waals surface area contributed by atoms with Crippen LogP contribution in [0.15, 0.2) is 24.3 Å². The number of rotatable bonds is 2. The number of nitrogens with zero attached hydrogens (tertiary/aromatic N) is 2. The van der Waals surface area contributed by atoms with Gasteiger partial charge in [-0.3, -0.25) is 0 Å².